The molecule has 0 bridgehead atoms. The lowest BCUT2D eigenvalue weighted by atomic mass is 9.98. The minimum absolute atomic E-state index is 0.00885. The van der Waals surface area contributed by atoms with E-state index in [0.29, 0.717) is 0 Å². The number of hydrogen-bond acceptors (Lipinski definition) is 6. The van der Waals surface area contributed by atoms with Crippen molar-refractivity contribution >= 4 is 23.5 Å². The Bertz CT molecular complexity index is 882. The average molecular weight is 408 g/mol. The van der Waals surface area contributed by atoms with Gasteiger partial charge in [0.25, 0.3) is 0 Å². The summed E-state index contributed by atoms with van der Waals surface area (Å²) in [6.45, 7) is 7.09. The number of rotatable bonds is 10. The molecule has 1 unspecified atom stereocenters. The first kappa shape index (κ1) is 22.6. The molecule has 2 rings (SSSR count). The molecule has 0 saturated heterocycles. The molecule has 2 aromatic rings. The van der Waals surface area contributed by atoms with Crippen molar-refractivity contribution in [3.05, 3.63) is 90.5 Å². The number of anilines is 1. The maximum absolute atomic E-state index is 12.8. The molecule has 0 heterocycles. The SMILES string of the molecule is C=CCOC(=O)c1cc(NC(=O)C(CN)c2ccccc2)cc(C(=O)OCC=C)c1. The normalized spacial score (nSPS) is 11.1. The molecular weight excluding hydrogens is 384 g/mol. The Morgan fingerprint density at radius 1 is 0.933 bits per heavy atom. The van der Waals surface area contributed by atoms with Gasteiger partial charge in [-0.2, -0.15) is 0 Å². The van der Waals surface area contributed by atoms with Gasteiger partial charge in [0.05, 0.1) is 17.0 Å². The Balaban J connectivity index is 2.33. The first-order valence-corrected chi connectivity index (χ1v) is 9.27. The molecule has 0 spiro atoms. The lowest BCUT2D eigenvalue weighted by molar-refractivity contribution is -0.117. The summed E-state index contributed by atoms with van der Waals surface area (Å²) in [6, 6.07) is 13.3. The number of carbonyl (C=O) groups excluding carboxylic acids is 3. The number of benzene rings is 2. The van der Waals surface area contributed by atoms with E-state index >= 15 is 0 Å². The number of hydrogen-bond donors (Lipinski definition) is 2. The lowest BCUT2D eigenvalue weighted by Gasteiger charge is -2.16. The van der Waals surface area contributed by atoms with Crippen LogP contribution in [0.2, 0.25) is 0 Å². The molecule has 30 heavy (non-hydrogen) atoms. The Labute approximate surface area is 175 Å². The van der Waals surface area contributed by atoms with Gasteiger partial charge in [0, 0.05) is 12.2 Å². The van der Waals surface area contributed by atoms with Crippen molar-refractivity contribution < 1.29 is 23.9 Å². The Kier molecular flexibility index (Phi) is 8.53. The maximum atomic E-state index is 12.8. The van der Waals surface area contributed by atoms with Crippen LogP contribution in [0.15, 0.2) is 73.8 Å². The van der Waals surface area contributed by atoms with Gasteiger partial charge >= 0.3 is 11.9 Å². The van der Waals surface area contributed by atoms with Gasteiger partial charge in [-0.1, -0.05) is 55.6 Å². The predicted molar refractivity (Wildman–Crippen MR) is 114 cm³/mol. The van der Waals surface area contributed by atoms with E-state index in [1.54, 1.807) is 12.1 Å². The van der Waals surface area contributed by atoms with Gasteiger partial charge in [-0.25, -0.2) is 9.59 Å². The fourth-order valence-electron chi connectivity index (χ4n) is 2.68. The molecule has 0 aliphatic rings. The number of nitrogens with two attached hydrogens (primary N) is 1. The quantitative estimate of drug-likeness (QED) is 0.462. The molecule has 7 nitrogen and oxygen atoms in total. The van der Waals surface area contributed by atoms with E-state index in [9.17, 15) is 14.4 Å². The standard InChI is InChI=1S/C23H24N2O5/c1-3-10-29-22(27)17-12-18(23(28)30-11-4-2)14-19(13-17)25-21(26)20(15-24)16-8-6-5-7-9-16/h3-9,12-14,20H,1-2,10-11,15,24H2,(H,25,26). The van der Waals surface area contributed by atoms with Crippen LogP contribution in [0.5, 0.6) is 0 Å². The van der Waals surface area contributed by atoms with Gasteiger partial charge in [-0.15, -0.1) is 0 Å². The summed E-state index contributed by atoms with van der Waals surface area (Å²) in [5.74, 6) is -2.30. The molecule has 0 aliphatic heterocycles. The van der Waals surface area contributed by atoms with Crippen LogP contribution in [-0.2, 0) is 14.3 Å². The Morgan fingerprint density at radius 3 is 1.93 bits per heavy atom. The number of ether oxygens (including phenoxy) is 2. The molecule has 7 heteroatoms. The zero-order chi connectivity index (χ0) is 21.9. The van der Waals surface area contributed by atoms with E-state index in [1.165, 1.54) is 30.4 Å². The summed E-state index contributed by atoms with van der Waals surface area (Å²) >= 11 is 0. The van der Waals surface area contributed by atoms with Crippen LogP contribution in [0.25, 0.3) is 0 Å². The molecule has 0 aliphatic carbocycles. The first-order valence-electron chi connectivity index (χ1n) is 9.27. The summed E-state index contributed by atoms with van der Waals surface area (Å²) in [5, 5.41) is 2.72. The average Bonchev–Trinajstić information content (AvgIpc) is 2.76. The second-order valence-corrected chi connectivity index (χ2v) is 6.26. The third-order valence-electron chi connectivity index (χ3n) is 4.09. The fraction of sp³-hybridized carbons (Fsp3) is 0.174. The van der Waals surface area contributed by atoms with E-state index < -0.39 is 17.9 Å². The van der Waals surface area contributed by atoms with Crippen molar-refractivity contribution in [1.82, 2.24) is 0 Å². The predicted octanol–water partition coefficient (Wildman–Crippen LogP) is 3.05. The summed E-state index contributed by atoms with van der Waals surface area (Å²) in [4.78, 5) is 37.3. The zero-order valence-corrected chi connectivity index (χ0v) is 16.5. The van der Waals surface area contributed by atoms with Gasteiger partial charge in [0.1, 0.15) is 13.2 Å². The summed E-state index contributed by atoms with van der Waals surface area (Å²) < 4.78 is 10.1. The number of nitrogens with one attached hydrogen (secondary N) is 1. The van der Waals surface area contributed by atoms with Crippen LogP contribution in [0, 0.1) is 0 Å². The van der Waals surface area contributed by atoms with Gasteiger partial charge in [0.15, 0.2) is 0 Å². The van der Waals surface area contributed by atoms with Gasteiger partial charge in [0.2, 0.25) is 5.91 Å². The lowest BCUT2D eigenvalue weighted by Crippen LogP contribution is -2.27. The third kappa shape index (κ3) is 6.15. The van der Waals surface area contributed by atoms with Crippen LogP contribution in [0.4, 0.5) is 5.69 Å². The highest BCUT2D eigenvalue weighted by atomic mass is 16.5. The molecule has 156 valence electrons. The summed E-state index contributed by atoms with van der Waals surface area (Å²) in [7, 11) is 0. The Hall–Kier alpha value is -3.71. The molecule has 1 amide bonds. The van der Waals surface area contributed by atoms with E-state index in [1.807, 2.05) is 18.2 Å². The van der Waals surface area contributed by atoms with Crippen LogP contribution in [-0.4, -0.2) is 37.6 Å². The monoisotopic (exact) mass is 408 g/mol. The zero-order valence-electron chi connectivity index (χ0n) is 16.5. The fourth-order valence-corrected chi connectivity index (χ4v) is 2.68. The first-order chi connectivity index (χ1) is 14.5. The van der Waals surface area contributed by atoms with E-state index in [0.717, 1.165) is 5.56 Å². The van der Waals surface area contributed by atoms with Crippen molar-refractivity contribution in [2.75, 3.05) is 25.1 Å². The largest absolute Gasteiger partial charge is 0.458 e. The second-order valence-electron chi connectivity index (χ2n) is 6.26. The van der Waals surface area contributed by atoms with E-state index in [2.05, 4.69) is 18.5 Å². The van der Waals surface area contributed by atoms with Crippen molar-refractivity contribution in [1.29, 1.82) is 0 Å². The van der Waals surface area contributed by atoms with Crippen LogP contribution >= 0.6 is 0 Å². The van der Waals surface area contributed by atoms with Crippen LogP contribution < -0.4 is 11.1 Å². The molecule has 0 radical (unpaired) electrons. The second kappa shape index (κ2) is 11.3. The number of esters is 2. The van der Waals surface area contributed by atoms with Crippen LogP contribution in [0.1, 0.15) is 32.2 Å². The van der Waals surface area contributed by atoms with Crippen LogP contribution in [0.3, 0.4) is 0 Å². The number of carbonyl (C=O) groups is 3. The van der Waals surface area contributed by atoms with E-state index in [-0.39, 0.29) is 42.5 Å². The molecular formula is C23H24N2O5. The highest BCUT2D eigenvalue weighted by molar-refractivity contribution is 6.01. The minimum atomic E-state index is -0.665. The summed E-state index contributed by atoms with van der Waals surface area (Å²) in [5.41, 5.74) is 6.97. The third-order valence-corrected chi connectivity index (χ3v) is 4.09. The van der Waals surface area contributed by atoms with Crippen molar-refractivity contribution in [2.45, 2.75) is 5.92 Å². The van der Waals surface area contributed by atoms with E-state index in [4.69, 9.17) is 15.2 Å². The van der Waals surface area contributed by atoms with Gasteiger partial charge < -0.3 is 20.5 Å². The van der Waals surface area contributed by atoms with Gasteiger partial charge in [-0.3, -0.25) is 4.79 Å². The maximum Gasteiger partial charge on any atom is 0.338 e. The molecule has 2 aromatic carbocycles. The molecule has 0 aromatic heterocycles. The topological polar surface area (TPSA) is 108 Å². The van der Waals surface area contributed by atoms with Crippen molar-refractivity contribution in [3.63, 3.8) is 0 Å². The molecule has 0 fully saturated rings. The highest BCUT2D eigenvalue weighted by Crippen LogP contribution is 2.21. The van der Waals surface area contributed by atoms with Crippen molar-refractivity contribution in [2.24, 2.45) is 5.73 Å². The molecule has 0 saturated carbocycles. The van der Waals surface area contributed by atoms with Crippen molar-refractivity contribution in [3.8, 4) is 0 Å². The summed E-state index contributed by atoms with van der Waals surface area (Å²) in [6.07, 6.45) is 2.85. The highest BCUT2D eigenvalue weighted by Gasteiger charge is 2.21. The number of amides is 1. The Morgan fingerprint density at radius 2 is 1.47 bits per heavy atom. The minimum Gasteiger partial charge on any atom is -0.458 e. The molecule has 1 atom stereocenters. The molecule has 3 N–H and O–H groups in total. The van der Waals surface area contributed by atoms with Gasteiger partial charge in [-0.05, 0) is 23.8 Å². The smallest absolute Gasteiger partial charge is 0.338 e.